The summed E-state index contributed by atoms with van der Waals surface area (Å²) in [4.78, 5) is 14.7. The fraction of sp³-hybridized carbons (Fsp3) is 0.357. The Morgan fingerprint density at radius 1 is 1.24 bits per heavy atom. The van der Waals surface area contributed by atoms with Crippen LogP contribution in [0, 0.1) is 6.92 Å². The fourth-order valence-corrected chi connectivity index (χ4v) is 5.42. The van der Waals surface area contributed by atoms with Gasteiger partial charge < -0.3 is 15.2 Å². The van der Waals surface area contributed by atoms with Crippen LogP contribution < -0.4 is 5.32 Å². The Morgan fingerprint density at radius 2 is 2.05 bits per heavy atom. The number of nitrogens with one attached hydrogen (secondary N) is 1. The maximum atomic E-state index is 13.4. The second-order valence-electron chi connectivity index (χ2n) is 10.9. The van der Waals surface area contributed by atoms with E-state index in [0.717, 1.165) is 16.8 Å². The van der Waals surface area contributed by atoms with Crippen LogP contribution in [-0.2, 0) is 11.3 Å². The summed E-state index contributed by atoms with van der Waals surface area (Å²) in [5, 5.41) is 35.3. The zero-order valence-electron chi connectivity index (χ0n) is 22.6. The SMILES string of the molecule is Cc1nn(CC2(O)CCOCC2)cc1-c1ccn2ncc(C(=O)Nc3cc(-n4nnc([C@H]5C[C@@H]5F)n4)ccc3Cl)c2c1. The molecule has 2 N–H and O–H groups in total. The Kier molecular flexibility index (Phi) is 6.52. The fourth-order valence-electron chi connectivity index (χ4n) is 5.25. The predicted molar refractivity (Wildman–Crippen MR) is 151 cm³/mol. The molecular weight excluding hydrogens is 565 g/mol. The average Bonchev–Trinajstić information content (AvgIpc) is 3.32. The highest BCUT2D eigenvalue weighted by molar-refractivity contribution is 6.34. The van der Waals surface area contributed by atoms with Gasteiger partial charge in [-0.25, -0.2) is 8.91 Å². The number of anilines is 1. The molecular formula is C28H27ClFN9O3. The first kappa shape index (κ1) is 26.7. The molecule has 1 aliphatic carbocycles. The summed E-state index contributed by atoms with van der Waals surface area (Å²) < 4.78 is 22.2. The van der Waals surface area contributed by atoms with E-state index in [9.17, 15) is 14.3 Å². The molecule has 0 bridgehead atoms. The van der Waals surface area contributed by atoms with Crippen molar-refractivity contribution in [2.24, 2.45) is 0 Å². The lowest BCUT2D eigenvalue weighted by Gasteiger charge is -2.31. The molecule has 0 radical (unpaired) electrons. The van der Waals surface area contributed by atoms with Crippen molar-refractivity contribution in [2.45, 2.75) is 50.4 Å². The minimum absolute atomic E-state index is 0.317. The molecule has 12 nitrogen and oxygen atoms in total. The number of aryl methyl sites for hydroxylation is 1. The molecule has 1 aromatic carbocycles. The molecule has 0 unspecified atom stereocenters. The van der Waals surface area contributed by atoms with Gasteiger partial charge in [0, 0.05) is 44.0 Å². The van der Waals surface area contributed by atoms with Crippen LogP contribution in [0.25, 0.3) is 22.3 Å². The molecule has 1 amide bonds. The molecule has 42 heavy (non-hydrogen) atoms. The van der Waals surface area contributed by atoms with Crippen molar-refractivity contribution in [1.82, 2.24) is 39.6 Å². The van der Waals surface area contributed by atoms with Crippen LogP contribution in [0.5, 0.6) is 0 Å². The van der Waals surface area contributed by atoms with E-state index in [0.29, 0.717) is 72.3 Å². The number of carbonyl (C=O) groups is 1. The summed E-state index contributed by atoms with van der Waals surface area (Å²) in [7, 11) is 0. The maximum absolute atomic E-state index is 13.4. The molecule has 0 spiro atoms. The second-order valence-corrected chi connectivity index (χ2v) is 11.3. The van der Waals surface area contributed by atoms with Gasteiger partial charge in [-0.05, 0) is 54.5 Å². The van der Waals surface area contributed by atoms with Crippen LogP contribution in [0.2, 0.25) is 5.02 Å². The minimum atomic E-state index is -0.932. The molecule has 7 rings (SSSR count). The third-order valence-corrected chi connectivity index (χ3v) is 8.14. The Bertz CT molecular complexity index is 1810. The van der Waals surface area contributed by atoms with Crippen LogP contribution in [0.3, 0.4) is 0 Å². The largest absolute Gasteiger partial charge is 0.388 e. The first-order valence-corrected chi connectivity index (χ1v) is 14.0. The van der Waals surface area contributed by atoms with Gasteiger partial charge in [0.05, 0.1) is 57.4 Å². The van der Waals surface area contributed by atoms with E-state index in [4.69, 9.17) is 16.3 Å². The van der Waals surface area contributed by atoms with E-state index in [1.54, 1.807) is 33.6 Å². The van der Waals surface area contributed by atoms with Crippen LogP contribution in [0.1, 0.15) is 47.1 Å². The molecule has 2 fully saturated rings. The van der Waals surface area contributed by atoms with Crippen molar-refractivity contribution in [3.63, 3.8) is 0 Å². The summed E-state index contributed by atoms with van der Waals surface area (Å²) in [5.41, 5.74) is 3.52. The second kappa shape index (κ2) is 10.3. The average molecular weight is 592 g/mol. The van der Waals surface area contributed by atoms with Crippen LogP contribution in [0.15, 0.2) is 48.9 Å². The molecule has 1 aliphatic heterocycles. The first-order chi connectivity index (χ1) is 20.3. The molecule has 1 saturated heterocycles. The molecule has 4 aromatic heterocycles. The number of amides is 1. The Labute approximate surface area is 244 Å². The lowest BCUT2D eigenvalue weighted by molar-refractivity contribution is -0.0745. The third kappa shape index (κ3) is 5.03. The van der Waals surface area contributed by atoms with Crippen molar-refractivity contribution in [2.75, 3.05) is 18.5 Å². The maximum Gasteiger partial charge on any atom is 0.259 e. The van der Waals surface area contributed by atoms with E-state index in [-0.39, 0.29) is 5.92 Å². The van der Waals surface area contributed by atoms with Gasteiger partial charge in [-0.3, -0.25) is 9.48 Å². The van der Waals surface area contributed by atoms with Crippen LogP contribution in [-0.4, -0.2) is 75.6 Å². The quantitative estimate of drug-likeness (QED) is 0.292. The van der Waals surface area contributed by atoms with Crippen molar-refractivity contribution in [3.05, 3.63) is 71.0 Å². The molecule has 5 aromatic rings. The van der Waals surface area contributed by atoms with E-state index < -0.39 is 17.7 Å². The standard InChI is InChI=1S/C28H27ClFN9O3/c1-16-21(14-37(34-16)15-28(41)5-8-42-9-6-28)17-4-7-38-25(10-17)20(13-31-38)27(40)32-24-11-18(2-3-22(24)29)39-35-26(33-36-39)19-12-23(19)30/h2-4,7,10-11,13-14,19,23,41H,5-6,8-9,12,15H2,1H3,(H,32,40)/t19-,23-/m0/s1. The normalized spacial score (nSPS) is 19.7. The summed E-state index contributed by atoms with van der Waals surface area (Å²) in [6.45, 7) is 3.35. The highest BCUT2D eigenvalue weighted by Crippen LogP contribution is 2.41. The number of nitrogens with zero attached hydrogens (tertiary/aromatic N) is 8. The van der Waals surface area contributed by atoms with Gasteiger partial charge in [0.15, 0.2) is 5.82 Å². The summed E-state index contributed by atoms with van der Waals surface area (Å²) >= 11 is 6.41. The summed E-state index contributed by atoms with van der Waals surface area (Å²) in [5.74, 6) is -0.367. The minimum Gasteiger partial charge on any atom is -0.388 e. The number of benzene rings is 1. The number of hydrogen-bond donors (Lipinski definition) is 2. The molecule has 1 saturated carbocycles. The highest BCUT2D eigenvalue weighted by Gasteiger charge is 2.42. The van der Waals surface area contributed by atoms with Gasteiger partial charge in [-0.1, -0.05) is 11.6 Å². The number of tetrazole rings is 1. The van der Waals surface area contributed by atoms with Crippen molar-refractivity contribution >= 4 is 28.7 Å². The Morgan fingerprint density at radius 3 is 2.83 bits per heavy atom. The summed E-state index contributed by atoms with van der Waals surface area (Å²) in [6, 6.07) is 8.73. The van der Waals surface area contributed by atoms with Gasteiger partial charge in [0.25, 0.3) is 5.91 Å². The van der Waals surface area contributed by atoms with E-state index in [1.165, 1.54) is 11.0 Å². The Balaban J connectivity index is 1.13. The number of fused-ring (bicyclic) bond motifs is 1. The van der Waals surface area contributed by atoms with Gasteiger partial charge in [0.1, 0.15) is 6.17 Å². The highest BCUT2D eigenvalue weighted by atomic mass is 35.5. The summed E-state index contributed by atoms with van der Waals surface area (Å²) in [6.07, 6.45) is 5.78. The monoisotopic (exact) mass is 591 g/mol. The van der Waals surface area contributed by atoms with Gasteiger partial charge in [-0.2, -0.15) is 10.2 Å². The van der Waals surface area contributed by atoms with Crippen molar-refractivity contribution in [1.29, 1.82) is 0 Å². The molecule has 14 heteroatoms. The van der Waals surface area contributed by atoms with Gasteiger partial charge >= 0.3 is 0 Å². The molecule has 5 heterocycles. The molecule has 216 valence electrons. The van der Waals surface area contributed by atoms with Crippen LogP contribution >= 0.6 is 11.6 Å². The van der Waals surface area contributed by atoms with E-state index >= 15 is 0 Å². The lowest BCUT2D eigenvalue weighted by atomic mass is 9.94. The van der Waals surface area contributed by atoms with Crippen molar-refractivity contribution < 1.29 is 19.0 Å². The Hall–Kier alpha value is -4.20. The molecule has 2 aliphatic rings. The number of carbonyl (C=O) groups excluding carboxylic acids is 1. The zero-order chi connectivity index (χ0) is 29.0. The predicted octanol–water partition coefficient (Wildman–Crippen LogP) is 3.75. The zero-order valence-corrected chi connectivity index (χ0v) is 23.4. The third-order valence-electron chi connectivity index (χ3n) is 7.81. The van der Waals surface area contributed by atoms with Crippen LogP contribution in [0.4, 0.5) is 10.1 Å². The molecule has 2 atom stereocenters. The first-order valence-electron chi connectivity index (χ1n) is 13.6. The number of alkyl halides is 1. The van der Waals surface area contributed by atoms with Gasteiger partial charge in [-0.15, -0.1) is 15.0 Å². The number of halogens is 2. The van der Waals surface area contributed by atoms with Crippen molar-refractivity contribution in [3.8, 4) is 16.8 Å². The van der Waals surface area contributed by atoms with E-state index in [1.807, 2.05) is 25.3 Å². The number of ether oxygens (including phenoxy) is 1. The van der Waals surface area contributed by atoms with E-state index in [2.05, 4.69) is 30.9 Å². The number of rotatable bonds is 7. The number of aliphatic hydroxyl groups is 1. The number of pyridine rings is 1. The number of hydrogen-bond acceptors (Lipinski definition) is 8. The lowest BCUT2D eigenvalue weighted by Crippen LogP contribution is -2.40. The smallest absolute Gasteiger partial charge is 0.259 e. The number of aromatic nitrogens is 8. The van der Waals surface area contributed by atoms with Gasteiger partial charge in [0.2, 0.25) is 0 Å². The topological polar surface area (TPSA) is 137 Å².